The van der Waals surface area contributed by atoms with Crippen molar-refractivity contribution in [3.8, 4) is 0 Å². The summed E-state index contributed by atoms with van der Waals surface area (Å²) in [6.45, 7) is 4.03. The molecule has 4 unspecified atom stereocenters. The van der Waals surface area contributed by atoms with Crippen molar-refractivity contribution in [3.05, 3.63) is 12.2 Å². The van der Waals surface area contributed by atoms with Gasteiger partial charge >= 0.3 is 0 Å². The molecule has 0 aliphatic rings. The highest BCUT2D eigenvalue weighted by Crippen LogP contribution is 2.16. The van der Waals surface area contributed by atoms with E-state index in [4.69, 9.17) is 0 Å². The molecule has 0 heterocycles. The molecule has 4 atom stereocenters. The minimum Gasteiger partial charge on any atom is -0.394 e. The van der Waals surface area contributed by atoms with Crippen LogP contribution in [0.15, 0.2) is 12.2 Å². The number of hydrogen-bond donors (Lipinski definition) is 5. The normalized spacial score (nSPS) is 14.3. The summed E-state index contributed by atoms with van der Waals surface area (Å²) in [5.74, 6) is -0.587. The summed E-state index contributed by atoms with van der Waals surface area (Å²) >= 11 is 0. The number of amides is 1. The van der Waals surface area contributed by atoms with Crippen LogP contribution in [0.25, 0.3) is 0 Å². The fraction of sp³-hybridized carbons (Fsp3) is 0.930. The Morgan fingerprint density at radius 3 is 1.18 bits per heavy atom. The highest BCUT2D eigenvalue weighted by Gasteiger charge is 2.28. The van der Waals surface area contributed by atoms with Crippen LogP contribution in [0.5, 0.6) is 0 Å². The Kier molecular flexibility index (Phi) is 37.5. The lowest BCUT2D eigenvalue weighted by Gasteiger charge is -2.27. The Balaban J connectivity index is 3.68. The third-order valence-corrected chi connectivity index (χ3v) is 10.2. The molecule has 0 spiro atoms. The topological polar surface area (TPSA) is 110 Å². The summed E-state index contributed by atoms with van der Waals surface area (Å²) in [7, 11) is 0. The van der Waals surface area contributed by atoms with Gasteiger partial charge in [-0.2, -0.15) is 0 Å². The van der Waals surface area contributed by atoms with E-state index in [9.17, 15) is 25.2 Å². The summed E-state index contributed by atoms with van der Waals surface area (Å²) in [4.78, 5) is 12.5. The van der Waals surface area contributed by atoms with Crippen LogP contribution in [-0.2, 0) is 4.79 Å². The van der Waals surface area contributed by atoms with Gasteiger partial charge in [0.1, 0.15) is 12.2 Å². The first kappa shape index (κ1) is 48.0. The van der Waals surface area contributed by atoms with Gasteiger partial charge in [-0.15, -0.1) is 0 Å². The summed E-state index contributed by atoms with van der Waals surface area (Å²) in [6.07, 6.45) is 41.1. The number of carbonyl (C=O) groups is 1. The smallest absolute Gasteiger partial charge is 0.249 e. The number of aliphatic hydroxyl groups excluding tert-OH is 4. The fourth-order valence-electron chi connectivity index (χ4n) is 6.75. The number of hydrogen-bond acceptors (Lipinski definition) is 5. The molecule has 0 aliphatic carbocycles. The van der Waals surface area contributed by atoms with Crippen molar-refractivity contribution in [2.45, 2.75) is 250 Å². The molecule has 0 radical (unpaired) electrons. The van der Waals surface area contributed by atoms with Crippen molar-refractivity contribution in [3.63, 3.8) is 0 Å². The zero-order valence-electron chi connectivity index (χ0n) is 32.7. The lowest BCUT2D eigenvalue weighted by atomic mass is 9.99. The average molecular weight is 696 g/mol. The summed E-state index contributed by atoms with van der Waals surface area (Å²) in [6, 6.07) is -0.982. The van der Waals surface area contributed by atoms with Crippen LogP contribution in [0.2, 0.25) is 0 Å². The van der Waals surface area contributed by atoms with E-state index in [1.807, 2.05) is 0 Å². The molecule has 0 saturated carbocycles. The number of allylic oxidation sites excluding steroid dienone is 2. The first-order valence-corrected chi connectivity index (χ1v) is 21.6. The first-order chi connectivity index (χ1) is 24.0. The van der Waals surface area contributed by atoms with Gasteiger partial charge in [-0.05, 0) is 38.5 Å². The molecule has 0 aromatic heterocycles. The number of unbranched alkanes of at least 4 members (excludes halogenated alkanes) is 28. The van der Waals surface area contributed by atoms with E-state index in [-0.39, 0.29) is 0 Å². The van der Waals surface area contributed by atoms with E-state index in [2.05, 4.69) is 31.3 Å². The van der Waals surface area contributed by atoms with Gasteiger partial charge in [0.2, 0.25) is 5.91 Å². The number of nitrogens with one attached hydrogen (secondary N) is 1. The summed E-state index contributed by atoms with van der Waals surface area (Å²) in [5.41, 5.74) is 0. The van der Waals surface area contributed by atoms with Crippen LogP contribution in [0.3, 0.4) is 0 Å². The van der Waals surface area contributed by atoms with Crippen molar-refractivity contribution < 1.29 is 25.2 Å². The highest BCUT2D eigenvalue weighted by molar-refractivity contribution is 5.80. The minimum absolute atomic E-state index is 0.366. The fourth-order valence-corrected chi connectivity index (χ4v) is 6.75. The highest BCUT2D eigenvalue weighted by atomic mass is 16.3. The van der Waals surface area contributed by atoms with E-state index >= 15 is 0 Å². The van der Waals surface area contributed by atoms with E-state index < -0.39 is 36.9 Å². The first-order valence-electron chi connectivity index (χ1n) is 21.6. The molecule has 6 nitrogen and oxygen atoms in total. The van der Waals surface area contributed by atoms with E-state index in [1.54, 1.807) is 0 Å². The van der Waals surface area contributed by atoms with Gasteiger partial charge in [0.15, 0.2) is 0 Å². The Hall–Kier alpha value is -0.950. The number of carbonyl (C=O) groups excluding carboxylic acids is 1. The summed E-state index contributed by atoms with van der Waals surface area (Å²) in [5, 5.41) is 43.5. The van der Waals surface area contributed by atoms with Gasteiger partial charge < -0.3 is 25.7 Å². The molecule has 0 aromatic rings. The summed E-state index contributed by atoms with van der Waals surface area (Å²) < 4.78 is 0. The molecule has 0 aliphatic heterocycles. The molecule has 1 amide bonds. The predicted molar refractivity (Wildman–Crippen MR) is 210 cm³/mol. The lowest BCUT2D eigenvalue weighted by Crippen LogP contribution is -2.53. The maximum atomic E-state index is 12.5. The number of rotatable bonds is 39. The third-order valence-electron chi connectivity index (χ3n) is 10.2. The predicted octanol–water partition coefficient (Wildman–Crippen LogP) is 11.0. The molecule has 0 bridgehead atoms. The van der Waals surface area contributed by atoms with Crippen molar-refractivity contribution >= 4 is 5.91 Å². The Labute approximate surface area is 304 Å². The van der Waals surface area contributed by atoms with E-state index in [0.717, 1.165) is 38.5 Å². The van der Waals surface area contributed by atoms with Gasteiger partial charge in [-0.25, -0.2) is 0 Å². The van der Waals surface area contributed by atoms with Gasteiger partial charge in [-0.3, -0.25) is 4.79 Å². The Morgan fingerprint density at radius 2 is 0.816 bits per heavy atom. The molecule has 0 rings (SSSR count). The van der Waals surface area contributed by atoms with Crippen LogP contribution < -0.4 is 5.32 Å². The quantitative estimate of drug-likeness (QED) is 0.0325. The lowest BCUT2D eigenvalue weighted by molar-refractivity contribution is -0.132. The zero-order valence-corrected chi connectivity index (χ0v) is 32.7. The van der Waals surface area contributed by atoms with Gasteiger partial charge in [-0.1, -0.05) is 199 Å². The van der Waals surface area contributed by atoms with E-state index in [1.165, 1.54) is 161 Å². The van der Waals surface area contributed by atoms with Crippen molar-refractivity contribution in [1.29, 1.82) is 0 Å². The second-order valence-corrected chi connectivity index (χ2v) is 15.0. The Morgan fingerprint density at radius 1 is 0.490 bits per heavy atom. The molecular weight excluding hydrogens is 610 g/mol. The molecule has 0 saturated heterocycles. The molecule has 49 heavy (non-hydrogen) atoms. The second-order valence-electron chi connectivity index (χ2n) is 15.0. The third kappa shape index (κ3) is 32.7. The minimum atomic E-state index is -1.26. The monoisotopic (exact) mass is 696 g/mol. The molecule has 5 N–H and O–H groups in total. The maximum absolute atomic E-state index is 12.5. The maximum Gasteiger partial charge on any atom is 0.249 e. The van der Waals surface area contributed by atoms with E-state index in [0.29, 0.717) is 12.8 Å². The average Bonchev–Trinajstić information content (AvgIpc) is 3.11. The van der Waals surface area contributed by atoms with Crippen LogP contribution >= 0.6 is 0 Å². The standard InChI is InChI=1S/C43H85NO5/c1-3-5-7-9-11-13-15-16-17-18-19-20-21-22-23-24-25-26-27-29-31-33-35-37-41(47)43(49)44-39(38-45)42(48)40(46)36-34-32-30-28-14-12-10-8-6-4-2/h22-23,39-42,45-48H,3-21,24-38H2,1-2H3,(H,44,49)/b23-22-. The molecule has 6 heteroatoms. The van der Waals surface area contributed by atoms with Gasteiger partial charge in [0.25, 0.3) is 0 Å². The van der Waals surface area contributed by atoms with Gasteiger partial charge in [0, 0.05) is 0 Å². The number of aliphatic hydroxyl groups is 4. The molecule has 0 fully saturated rings. The Bertz CT molecular complexity index is 702. The molecular formula is C43H85NO5. The molecule has 0 aromatic carbocycles. The zero-order chi connectivity index (χ0) is 36.0. The van der Waals surface area contributed by atoms with Crippen molar-refractivity contribution in [2.75, 3.05) is 6.61 Å². The van der Waals surface area contributed by atoms with Gasteiger partial charge in [0.05, 0.1) is 18.8 Å². The second kappa shape index (κ2) is 38.3. The van der Waals surface area contributed by atoms with Crippen LogP contribution in [0.4, 0.5) is 0 Å². The van der Waals surface area contributed by atoms with Crippen LogP contribution in [-0.4, -0.2) is 57.3 Å². The van der Waals surface area contributed by atoms with Crippen molar-refractivity contribution in [1.82, 2.24) is 5.32 Å². The SMILES string of the molecule is CCCCCCCCCCCCCC/C=C\CCCCCCCCCC(O)C(=O)NC(CO)C(O)C(O)CCCCCCCCCCCC. The van der Waals surface area contributed by atoms with Crippen LogP contribution in [0.1, 0.15) is 226 Å². The van der Waals surface area contributed by atoms with Crippen LogP contribution in [0, 0.1) is 0 Å². The van der Waals surface area contributed by atoms with Crippen molar-refractivity contribution in [2.24, 2.45) is 0 Å². The largest absolute Gasteiger partial charge is 0.394 e. The molecule has 292 valence electrons.